The topological polar surface area (TPSA) is 72.0 Å². The highest BCUT2D eigenvalue weighted by Crippen LogP contribution is 2.24. The molecule has 1 heterocycles. The van der Waals surface area contributed by atoms with Gasteiger partial charge in [0.25, 0.3) is 0 Å². The number of aryl methyl sites for hydroxylation is 2. The van der Waals surface area contributed by atoms with Gasteiger partial charge >= 0.3 is 0 Å². The fourth-order valence-electron chi connectivity index (χ4n) is 2.14. The van der Waals surface area contributed by atoms with Crippen molar-refractivity contribution in [2.75, 3.05) is 5.32 Å². The van der Waals surface area contributed by atoms with E-state index in [0.29, 0.717) is 16.4 Å². The first-order chi connectivity index (χ1) is 11.3. The summed E-state index contributed by atoms with van der Waals surface area (Å²) in [7, 11) is 0. The van der Waals surface area contributed by atoms with Crippen LogP contribution in [-0.2, 0) is 4.79 Å². The van der Waals surface area contributed by atoms with E-state index in [1.54, 1.807) is 31.2 Å². The van der Waals surface area contributed by atoms with Crippen molar-refractivity contribution in [1.29, 1.82) is 0 Å². The number of hydrogen-bond acceptors (Lipinski definition) is 5. The smallest absolute Gasteiger partial charge is 0.237 e. The average molecular weight is 343 g/mol. The van der Waals surface area contributed by atoms with Crippen molar-refractivity contribution in [3.8, 4) is 0 Å². The quantitative estimate of drug-likeness (QED) is 0.509. The normalized spacial score (nSPS) is 11.9. The largest absolute Gasteiger partial charge is 0.324 e. The van der Waals surface area contributed by atoms with Gasteiger partial charge in [0.2, 0.25) is 5.91 Å². The van der Waals surface area contributed by atoms with Crippen LogP contribution >= 0.6 is 11.8 Å². The van der Waals surface area contributed by atoms with Crippen LogP contribution in [0, 0.1) is 20.8 Å². The third-order valence-corrected chi connectivity index (χ3v) is 4.79. The van der Waals surface area contributed by atoms with Crippen LogP contribution in [-0.4, -0.2) is 26.9 Å². The number of nitrogens with one attached hydrogen (secondary N) is 1. The Kier molecular flexibility index (Phi) is 5.72. The van der Waals surface area contributed by atoms with Crippen LogP contribution in [0.2, 0.25) is 0 Å². The molecule has 0 spiro atoms. The molecule has 2 aromatic rings. The highest BCUT2D eigenvalue weighted by atomic mass is 32.2. The molecule has 1 aromatic carbocycles. The second-order valence-corrected chi connectivity index (χ2v) is 6.96. The number of Topliss-reactive ketones (excluding diaryl/α,β-unsaturated/α-hetero) is 1. The SMILES string of the molecule is CC(=O)c1ccccc1NC(=O)C(C)Sc1nc(C)c(C)c(C)n1. The molecule has 1 aromatic heterocycles. The molecule has 0 fully saturated rings. The summed E-state index contributed by atoms with van der Waals surface area (Å²) in [4.78, 5) is 32.9. The third kappa shape index (κ3) is 4.20. The zero-order valence-electron chi connectivity index (χ0n) is 14.5. The van der Waals surface area contributed by atoms with Gasteiger partial charge < -0.3 is 5.32 Å². The van der Waals surface area contributed by atoms with Crippen molar-refractivity contribution in [2.24, 2.45) is 0 Å². The van der Waals surface area contributed by atoms with Gasteiger partial charge in [-0.2, -0.15) is 0 Å². The minimum Gasteiger partial charge on any atom is -0.324 e. The molecule has 0 saturated heterocycles. The molecule has 2 rings (SSSR count). The van der Waals surface area contributed by atoms with Crippen molar-refractivity contribution >= 4 is 29.1 Å². The first-order valence-corrected chi connectivity index (χ1v) is 8.57. The number of rotatable bonds is 5. The Hall–Kier alpha value is -2.21. The number of ketones is 1. The summed E-state index contributed by atoms with van der Waals surface area (Å²) in [5, 5.41) is 3.02. The number of carbonyl (C=O) groups excluding carboxylic acids is 2. The Morgan fingerprint density at radius 1 is 1.08 bits per heavy atom. The minimum atomic E-state index is -0.383. The molecule has 0 saturated carbocycles. The molecule has 1 atom stereocenters. The van der Waals surface area contributed by atoms with Crippen LogP contribution in [0.25, 0.3) is 0 Å². The number of aromatic nitrogens is 2. The number of anilines is 1. The van der Waals surface area contributed by atoms with E-state index >= 15 is 0 Å². The Bertz CT molecular complexity index is 767. The molecule has 0 radical (unpaired) electrons. The summed E-state index contributed by atoms with van der Waals surface area (Å²) in [5.74, 6) is -0.271. The van der Waals surface area contributed by atoms with Gasteiger partial charge in [0, 0.05) is 17.0 Å². The Balaban J connectivity index is 2.12. The van der Waals surface area contributed by atoms with E-state index in [1.807, 2.05) is 20.8 Å². The first-order valence-electron chi connectivity index (χ1n) is 7.69. The lowest BCUT2D eigenvalue weighted by Crippen LogP contribution is -2.23. The van der Waals surface area contributed by atoms with Crippen LogP contribution in [0.1, 0.15) is 41.2 Å². The standard InChI is InChI=1S/C18H21N3O2S/c1-10-11(2)19-18(20-12(10)3)24-14(5)17(23)21-16-9-7-6-8-15(16)13(4)22/h6-9,14H,1-5H3,(H,21,23). The first kappa shape index (κ1) is 18.1. The van der Waals surface area contributed by atoms with Gasteiger partial charge in [-0.3, -0.25) is 9.59 Å². The highest BCUT2D eigenvalue weighted by Gasteiger charge is 2.19. The highest BCUT2D eigenvalue weighted by molar-refractivity contribution is 8.00. The summed E-state index contributed by atoms with van der Waals surface area (Å²) >= 11 is 1.30. The number of para-hydroxylation sites is 1. The molecule has 24 heavy (non-hydrogen) atoms. The van der Waals surface area contributed by atoms with Crippen molar-refractivity contribution < 1.29 is 9.59 Å². The van der Waals surface area contributed by atoms with Gasteiger partial charge in [0.1, 0.15) is 0 Å². The second-order valence-electron chi connectivity index (χ2n) is 5.65. The fourth-order valence-corrected chi connectivity index (χ4v) is 3.00. The van der Waals surface area contributed by atoms with Gasteiger partial charge in [-0.1, -0.05) is 23.9 Å². The molecule has 5 nitrogen and oxygen atoms in total. The summed E-state index contributed by atoms with van der Waals surface area (Å²) in [5.41, 5.74) is 3.92. The molecule has 0 aliphatic heterocycles. The van der Waals surface area contributed by atoms with Crippen LogP contribution < -0.4 is 5.32 Å². The van der Waals surface area contributed by atoms with E-state index < -0.39 is 0 Å². The van der Waals surface area contributed by atoms with Crippen molar-refractivity contribution in [3.63, 3.8) is 0 Å². The molecule has 126 valence electrons. The molecule has 0 aliphatic carbocycles. The second kappa shape index (κ2) is 7.57. The van der Waals surface area contributed by atoms with Crippen molar-refractivity contribution in [2.45, 2.75) is 45.0 Å². The lowest BCUT2D eigenvalue weighted by atomic mass is 10.1. The molecule has 0 aliphatic rings. The van der Waals surface area contributed by atoms with Gasteiger partial charge in [0.05, 0.1) is 10.9 Å². The summed E-state index contributed by atoms with van der Waals surface area (Å²) < 4.78 is 0. The molecule has 1 unspecified atom stereocenters. The Morgan fingerprint density at radius 2 is 1.67 bits per heavy atom. The predicted octanol–water partition coefficient (Wildman–Crippen LogP) is 3.72. The van der Waals surface area contributed by atoms with Crippen LogP contribution in [0.3, 0.4) is 0 Å². The zero-order valence-corrected chi connectivity index (χ0v) is 15.3. The number of thioether (sulfide) groups is 1. The minimum absolute atomic E-state index is 0.0840. The van der Waals surface area contributed by atoms with Gasteiger partial charge in [-0.05, 0) is 52.3 Å². The van der Waals surface area contributed by atoms with Crippen LogP contribution in [0.5, 0.6) is 0 Å². The predicted molar refractivity (Wildman–Crippen MR) is 96.6 cm³/mol. The van der Waals surface area contributed by atoms with E-state index in [4.69, 9.17) is 0 Å². The maximum absolute atomic E-state index is 12.4. The molecule has 1 N–H and O–H groups in total. The van der Waals surface area contributed by atoms with Crippen LogP contribution in [0.4, 0.5) is 5.69 Å². The third-order valence-electron chi connectivity index (χ3n) is 3.83. The number of carbonyl (C=O) groups is 2. The molecule has 6 heteroatoms. The number of nitrogens with zero attached hydrogens (tertiary/aromatic N) is 2. The average Bonchev–Trinajstić information content (AvgIpc) is 2.52. The van der Waals surface area contributed by atoms with Crippen LogP contribution in [0.15, 0.2) is 29.4 Å². The van der Waals surface area contributed by atoms with Crippen molar-refractivity contribution in [3.05, 3.63) is 46.8 Å². The lowest BCUT2D eigenvalue weighted by Gasteiger charge is -2.14. The maximum Gasteiger partial charge on any atom is 0.237 e. The van der Waals surface area contributed by atoms with Gasteiger partial charge in [-0.25, -0.2) is 9.97 Å². The van der Waals surface area contributed by atoms with E-state index in [9.17, 15) is 9.59 Å². The number of benzene rings is 1. The van der Waals surface area contributed by atoms with E-state index in [-0.39, 0.29) is 16.9 Å². The summed E-state index contributed by atoms with van der Waals surface area (Å²) in [6.07, 6.45) is 0. The fraction of sp³-hybridized carbons (Fsp3) is 0.333. The molecular weight excluding hydrogens is 322 g/mol. The monoisotopic (exact) mass is 343 g/mol. The zero-order chi connectivity index (χ0) is 17.9. The number of hydrogen-bond donors (Lipinski definition) is 1. The Morgan fingerprint density at radius 3 is 2.25 bits per heavy atom. The van der Waals surface area contributed by atoms with Gasteiger partial charge in [0.15, 0.2) is 10.9 Å². The lowest BCUT2D eigenvalue weighted by molar-refractivity contribution is -0.115. The van der Waals surface area contributed by atoms with E-state index in [1.165, 1.54) is 18.7 Å². The molecule has 1 amide bonds. The van der Waals surface area contributed by atoms with Gasteiger partial charge in [-0.15, -0.1) is 0 Å². The van der Waals surface area contributed by atoms with E-state index in [2.05, 4.69) is 15.3 Å². The maximum atomic E-state index is 12.4. The Labute approximate surface area is 146 Å². The summed E-state index contributed by atoms with van der Waals surface area (Å²) in [6.45, 7) is 9.12. The molecule has 0 bridgehead atoms. The number of amides is 1. The molecular formula is C18H21N3O2S. The van der Waals surface area contributed by atoms with Crippen molar-refractivity contribution in [1.82, 2.24) is 9.97 Å². The summed E-state index contributed by atoms with van der Waals surface area (Å²) in [6, 6.07) is 6.99. The van der Waals surface area contributed by atoms with E-state index in [0.717, 1.165) is 17.0 Å².